The third-order valence-electron chi connectivity index (χ3n) is 4.27. The number of amides is 1. The van der Waals surface area contributed by atoms with Gasteiger partial charge in [0.1, 0.15) is 5.75 Å². The maximum absolute atomic E-state index is 12.7. The number of ether oxygens (including phenoxy) is 5. The Morgan fingerprint density at radius 1 is 1.00 bits per heavy atom. The highest BCUT2D eigenvalue weighted by Gasteiger charge is 2.19. The van der Waals surface area contributed by atoms with Crippen LogP contribution in [0.5, 0.6) is 28.7 Å². The number of halogens is 1. The van der Waals surface area contributed by atoms with E-state index in [1.807, 2.05) is 6.07 Å². The van der Waals surface area contributed by atoms with Crippen LogP contribution >= 0.6 is 11.6 Å². The summed E-state index contributed by atoms with van der Waals surface area (Å²) in [4.78, 5) is 12.7. The van der Waals surface area contributed by atoms with Crippen LogP contribution in [0.25, 0.3) is 0 Å². The van der Waals surface area contributed by atoms with E-state index < -0.39 is 0 Å². The molecule has 0 unspecified atom stereocenters. The van der Waals surface area contributed by atoms with Crippen molar-refractivity contribution in [2.75, 3.05) is 34.5 Å². The Kier molecular flexibility index (Phi) is 6.36. The number of hydrogen-bond acceptors (Lipinski definition) is 6. The van der Waals surface area contributed by atoms with E-state index in [1.165, 1.54) is 21.3 Å². The van der Waals surface area contributed by atoms with E-state index in [0.717, 1.165) is 12.0 Å². The first-order valence-electron chi connectivity index (χ1n) is 8.73. The summed E-state index contributed by atoms with van der Waals surface area (Å²) in [5.74, 6) is 2.10. The summed E-state index contributed by atoms with van der Waals surface area (Å²) in [5, 5.41) is 3.31. The van der Waals surface area contributed by atoms with Gasteiger partial charge in [0.15, 0.2) is 23.0 Å². The van der Waals surface area contributed by atoms with E-state index in [4.69, 9.17) is 35.3 Å². The molecule has 1 aliphatic rings. The van der Waals surface area contributed by atoms with Crippen molar-refractivity contribution in [2.45, 2.75) is 13.0 Å². The summed E-state index contributed by atoms with van der Waals surface area (Å²) in [6.07, 6.45) is 0.788. The minimum absolute atomic E-state index is 0.257. The summed E-state index contributed by atoms with van der Waals surface area (Å²) in [5.41, 5.74) is 1.13. The lowest BCUT2D eigenvalue weighted by Gasteiger charge is -2.15. The molecule has 3 rings (SSSR count). The van der Waals surface area contributed by atoms with Gasteiger partial charge in [-0.3, -0.25) is 4.79 Å². The summed E-state index contributed by atoms with van der Waals surface area (Å²) in [6.45, 7) is 1.37. The molecule has 1 N–H and O–H groups in total. The number of hydrogen-bond donors (Lipinski definition) is 1. The Morgan fingerprint density at radius 3 is 2.39 bits per heavy atom. The third-order valence-corrected chi connectivity index (χ3v) is 4.55. The number of carbonyl (C=O) groups excluding carboxylic acids is 1. The van der Waals surface area contributed by atoms with Gasteiger partial charge < -0.3 is 29.0 Å². The number of nitrogens with one attached hydrogen (secondary N) is 1. The molecule has 2 aromatic carbocycles. The average molecular weight is 408 g/mol. The van der Waals surface area contributed by atoms with E-state index in [0.29, 0.717) is 52.5 Å². The van der Waals surface area contributed by atoms with E-state index in [2.05, 4.69) is 5.32 Å². The van der Waals surface area contributed by atoms with Crippen molar-refractivity contribution in [1.29, 1.82) is 0 Å². The number of rotatable bonds is 6. The molecule has 0 saturated carbocycles. The van der Waals surface area contributed by atoms with Crippen molar-refractivity contribution >= 4 is 17.5 Å². The van der Waals surface area contributed by atoms with E-state index in [1.54, 1.807) is 18.2 Å². The lowest BCUT2D eigenvalue weighted by atomic mass is 10.1. The number of fused-ring (bicyclic) bond motifs is 1. The smallest absolute Gasteiger partial charge is 0.255 e. The van der Waals surface area contributed by atoms with Crippen molar-refractivity contribution in [3.05, 3.63) is 40.4 Å². The van der Waals surface area contributed by atoms with Crippen molar-refractivity contribution in [3.63, 3.8) is 0 Å². The highest BCUT2D eigenvalue weighted by molar-refractivity contribution is 6.32. The molecule has 0 aromatic heterocycles. The first-order valence-corrected chi connectivity index (χ1v) is 9.11. The summed E-state index contributed by atoms with van der Waals surface area (Å²) in [6, 6.07) is 6.76. The summed E-state index contributed by atoms with van der Waals surface area (Å²) >= 11 is 6.30. The van der Waals surface area contributed by atoms with Gasteiger partial charge in [-0.1, -0.05) is 11.6 Å². The van der Waals surface area contributed by atoms with Gasteiger partial charge in [-0.15, -0.1) is 0 Å². The first-order chi connectivity index (χ1) is 13.6. The molecule has 7 nitrogen and oxygen atoms in total. The molecule has 0 saturated heterocycles. The van der Waals surface area contributed by atoms with Crippen LogP contribution in [0, 0.1) is 0 Å². The van der Waals surface area contributed by atoms with Crippen LogP contribution in [0.1, 0.15) is 22.3 Å². The zero-order chi connectivity index (χ0) is 20.1. The molecule has 1 amide bonds. The summed E-state index contributed by atoms with van der Waals surface area (Å²) in [7, 11) is 4.51. The summed E-state index contributed by atoms with van der Waals surface area (Å²) < 4.78 is 27.1. The molecule has 0 radical (unpaired) electrons. The molecule has 150 valence electrons. The van der Waals surface area contributed by atoms with E-state index >= 15 is 0 Å². The fraction of sp³-hybridized carbons (Fsp3) is 0.350. The van der Waals surface area contributed by atoms with Crippen molar-refractivity contribution in [1.82, 2.24) is 5.32 Å². The molecule has 0 spiro atoms. The molecule has 0 aliphatic carbocycles. The molecule has 1 aliphatic heterocycles. The normalized spacial score (nSPS) is 12.7. The Bertz CT molecular complexity index is 870. The lowest BCUT2D eigenvalue weighted by molar-refractivity contribution is 0.0947. The zero-order valence-corrected chi connectivity index (χ0v) is 16.7. The Morgan fingerprint density at radius 2 is 1.68 bits per heavy atom. The van der Waals surface area contributed by atoms with Crippen LogP contribution in [-0.4, -0.2) is 40.5 Å². The second-order valence-electron chi connectivity index (χ2n) is 6.05. The number of methoxy groups -OCH3 is 3. The minimum Gasteiger partial charge on any atom is -0.496 e. The van der Waals surface area contributed by atoms with Crippen LogP contribution in [0.4, 0.5) is 0 Å². The molecular formula is C20H22ClNO6. The van der Waals surface area contributed by atoms with Crippen LogP contribution in [0.3, 0.4) is 0 Å². The van der Waals surface area contributed by atoms with Crippen molar-refractivity contribution < 1.29 is 28.5 Å². The van der Waals surface area contributed by atoms with Gasteiger partial charge in [0.25, 0.3) is 5.91 Å². The molecule has 1 heterocycles. The Balaban J connectivity index is 1.79. The highest BCUT2D eigenvalue weighted by atomic mass is 35.5. The third kappa shape index (κ3) is 4.20. The minimum atomic E-state index is -0.318. The van der Waals surface area contributed by atoms with Crippen molar-refractivity contribution in [3.8, 4) is 28.7 Å². The monoisotopic (exact) mass is 407 g/mol. The largest absolute Gasteiger partial charge is 0.496 e. The number of benzene rings is 2. The van der Waals surface area contributed by atoms with Gasteiger partial charge in [0.05, 0.1) is 45.1 Å². The fourth-order valence-corrected chi connectivity index (χ4v) is 3.16. The van der Waals surface area contributed by atoms with Crippen LogP contribution in [0.15, 0.2) is 24.3 Å². The van der Waals surface area contributed by atoms with Crippen LogP contribution < -0.4 is 29.0 Å². The zero-order valence-electron chi connectivity index (χ0n) is 16.0. The Labute approximate surface area is 168 Å². The Hall–Kier alpha value is -2.80. The standard InChI is InChI=1S/C20H22ClNO6/c1-24-15-10-17(26-3)16(25-2)9-13(15)20(23)22-11-12-7-14(21)19-18(8-12)27-5-4-6-28-19/h7-10H,4-6,11H2,1-3H3,(H,22,23). The van der Waals surface area contributed by atoms with Gasteiger partial charge in [0, 0.05) is 25.1 Å². The topological polar surface area (TPSA) is 75.3 Å². The lowest BCUT2D eigenvalue weighted by Crippen LogP contribution is -2.23. The molecule has 0 bridgehead atoms. The van der Waals surface area contributed by atoms with E-state index in [-0.39, 0.29) is 12.5 Å². The average Bonchev–Trinajstić information content (AvgIpc) is 2.96. The maximum atomic E-state index is 12.7. The van der Waals surface area contributed by atoms with Gasteiger partial charge in [0.2, 0.25) is 0 Å². The molecule has 2 aromatic rings. The molecular weight excluding hydrogens is 386 g/mol. The van der Waals surface area contributed by atoms with Crippen molar-refractivity contribution in [2.24, 2.45) is 0 Å². The van der Waals surface area contributed by atoms with Crippen LogP contribution in [0.2, 0.25) is 5.02 Å². The number of carbonyl (C=O) groups is 1. The second kappa shape index (κ2) is 8.93. The molecule has 0 fully saturated rings. The molecule has 8 heteroatoms. The first kappa shape index (κ1) is 19.9. The van der Waals surface area contributed by atoms with E-state index in [9.17, 15) is 4.79 Å². The highest BCUT2D eigenvalue weighted by Crippen LogP contribution is 2.38. The predicted molar refractivity (Wildman–Crippen MR) is 104 cm³/mol. The SMILES string of the molecule is COc1cc(OC)c(C(=O)NCc2cc(Cl)c3c(c2)OCCCO3)cc1OC. The van der Waals surface area contributed by atoms with Gasteiger partial charge in [-0.25, -0.2) is 0 Å². The maximum Gasteiger partial charge on any atom is 0.255 e. The molecule has 28 heavy (non-hydrogen) atoms. The second-order valence-corrected chi connectivity index (χ2v) is 6.45. The quantitative estimate of drug-likeness (QED) is 0.790. The molecule has 0 atom stereocenters. The van der Waals surface area contributed by atoms with Crippen LogP contribution in [-0.2, 0) is 6.54 Å². The van der Waals surface area contributed by atoms with Gasteiger partial charge in [-0.2, -0.15) is 0 Å². The fourth-order valence-electron chi connectivity index (χ4n) is 2.87. The predicted octanol–water partition coefficient (Wildman–Crippen LogP) is 3.46. The van der Waals surface area contributed by atoms with Gasteiger partial charge in [-0.05, 0) is 17.7 Å². The van der Waals surface area contributed by atoms with Gasteiger partial charge >= 0.3 is 0 Å².